The number of fused-ring (bicyclic) bond motifs is 1. The number of aromatic nitrogens is 4. The second-order valence-corrected chi connectivity index (χ2v) is 7.89. The molecule has 3 aromatic rings. The number of amides is 1. The molecule has 0 radical (unpaired) electrons. The maximum atomic E-state index is 11.7. The standard InChI is InChI=1S/C19H23N5O2S/c1-2-16(17(20)25)27-19-23-22-18(24(19)11-12-6-5-9-26-12)14-10-21-15-8-4-3-7-13(14)15/h3-4,7-8,10,12,16,21H,2,5-6,9,11H2,1H3,(H2,20,25). The molecule has 0 aliphatic carbocycles. The minimum absolute atomic E-state index is 0.137. The molecule has 7 nitrogen and oxygen atoms in total. The summed E-state index contributed by atoms with van der Waals surface area (Å²) in [5, 5.41) is 10.3. The van der Waals surface area contributed by atoms with E-state index in [1.165, 1.54) is 11.8 Å². The van der Waals surface area contributed by atoms with E-state index in [9.17, 15) is 4.79 Å². The minimum atomic E-state index is -0.331. The van der Waals surface area contributed by atoms with Gasteiger partial charge < -0.3 is 15.5 Å². The Hall–Kier alpha value is -2.32. The molecule has 1 fully saturated rings. The van der Waals surface area contributed by atoms with Crippen molar-refractivity contribution in [1.29, 1.82) is 0 Å². The van der Waals surface area contributed by atoms with Gasteiger partial charge in [-0.2, -0.15) is 0 Å². The SMILES string of the molecule is CCC(Sc1nnc(-c2c[nH]c3ccccc23)n1CC1CCCO1)C(N)=O. The third-order valence-electron chi connectivity index (χ3n) is 4.89. The smallest absolute Gasteiger partial charge is 0.231 e. The number of aromatic amines is 1. The molecule has 0 bridgehead atoms. The first kappa shape index (κ1) is 18.1. The van der Waals surface area contributed by atoms with Crippen LogP contribution in [-0.4, -0.2) is 43.6 Å². The molecule has 8 heteroatoms. The van der Waals surface area contributed by atoms with Gasteiger partial charge in [-0.05, 0) is 25.3 Å². The molecule has 1 aliphatic rings. The highest BCUT2D eigenvalue weighted by Gasteiger charge is 2.25. The Morgan fingerprint density at radius 1 is 1.44 bits per heavy atom. The Labute approximate surface area is 161 Å². The lowest BCUT2D eigenvalue weighted by Gasteiger charge is -2.16. The number of H-pyrrole nitrogens is 1. The van der Waals surface area contributed by atoms with E-state index in [4.69, 9.17) is 10.5 Å². The van der Waals surface area contributed by atoms with Crippen LogP contribution in [0.15, 0.2) is 35.6 Å². The molecule has 3 heterocycles. The van der Waals surface area contributed by atoms with E-state index in [1.54, 1.807) is 0 Å². The van der Waals surface area contributed by atoms with Gasteiger partial charge in [0.1, 0.15) is 0 Å². The molecule has 1 aliphatic heterocycles. The number of nitrogens with one attached hydrogen (secondary N) is 1. The monoisotopic (exact) mass is 385 g/mol. The number of hydrogen-bond donors (Lipinski definition) is 2. The van der Waals surface area contributed by atoms with Gasteiger partial charge in [0.2, 0.25) is 5.91 Å². The van der Waals surface area contributed by atoms with Crippen molar-refractivity contribution in [3.05, 3.63) is 30.5 Å². The highest BCUT2D eigenvalue weighted by atomic mass is 32.2. The van der Waals surface area contributed by atoms with Gasteiger partial charge >= 0.3 is 0 Å². The normalized spacial score (nSPS) is 18.2. The van der Waals surface area contributed by atoms with Gasteiger partial charge in [-0.25, -0.2) is 0 Å². The van der Waals surface area contributed by atoms with Crippen LogP contribution in [0.5, 0.6) is 0 Å². The Morgan fingerprint density at radius 3 is 3.04 bits per heavy atom. The minimum Gasteiger partial charge on any atom is -0.376 e. The fraction of sp³-hybridized carbons (Fsp3) is 0.421. The average molecular weight is 385 g/mol. The van der Waals surface area contributed by atoms with E-state index in [-0.39, 0.29) is 17.3 Å². The highest BCUT2D eigenvalue weighted by Crippen LogP contribution is 2.32. The lowest BCUT2D eigenvalue weighted by molar-refractivity contribution is -0.117. The summed E-state index contributed by atoms with van der Waals surface area (Å²) in [5.74, 6) is 0.451. The number of rotatable bonds is 7. The van der Waals surface area contributed by atoms with E-state index in [0.29, 0.717) is 18.1 Å². The van der Waals surface area contributed by atoms with Crippen molar-refractivity contribution in [2.24, 2.45) is 5.73 Å². The second kappa shape index (κ2) is 7.74. The summed E-state index contributed by atoms with van der Waals surface area (Å²) in [5.41, 5.74) is 7.59. The largest absolute Gasteiger partial charge is 0.376 e. The summed E-state index contributed by atoms with van der Waals surface area (Å²) < 4.78 is 7.91. The van der Waals surface area contributed by atoms with Gasteiger partial charge in [-0.1, -0.05) is 36.9 Å². The number of para-hydroxylation sites is 1. The Kier molecular flexibility index (Phi) is 5.18. The summed E-state index contributed by atoms with van der Waals surface area (Å²) in [6.45, 7) is 3.40. The predicted octanol–water partition coefficient (Wildman–Crippen LogP) is 2.96. The average Bonchev–Trinajstić information content (AvgIpc) is 3.40. The summed E-state index contributed by atoms with van der Waals surface area (Å²) >= 11 is 1.38. The topological polar surface area (TPSA) is 98.8 Å². The molecule has 2 unspecified atom stereocenters. The number of primary amides is 1. The first-order valence-electron chi connectivity index (χ1n) is 9.24. The molecule has 1 aromatic carbocycles. The van der Waals surface area contributed by atoms with Gasteiger partial charge in [0, 0.05) is 29.3 Å². The maximum Gasteiger partial charge on any atom is 0.231 e. The number of ether oxygens (including phenoxy) is 1. The van der Waals surface area contributed by atoms with Gasteiger partial charge in [0.05, 0.1) is 17.9 Å². The third-order valence-corrected chi connectivity index (χ3v) is 6.26. The second-order valence-electron chi connectivity index (χ2n) is 6.72. The quantitative estimate of drug-likeness (QED) is 0.609. The van der Waals surface area contributed by atoms with E-state index in [2.05, 4.69) is 25.8 Å². The number of carbonyl (C=O) groups excluding carboxylic acids is 1. The van der Waals surface area contributed by atoms with E-state index >= 15 is 0 Å². The molecule has 142 valence electrons. The van der Waals surface area contributed by atoms with E-state index in [1.807, 2.05) is 31.3 Å². The van der Waals surface area contributed by atoms with Crippen LogP contribution in [0.1, 0.15) is 26.2 Å². The van der Waals surface area contributed by atoms with Gasteiger partial charge in [0.15, 0.2) is 11.0 Å². The lowest BCUT2D eigenvalue weighted by atomic mass is 10.1. The van der Waals surface area contributed by atoms with Crippen LogP contribution in [0.25, 0.3) is 22.3 Å². The number of hydrogen-bond acceptors (Lipinski definition) is 5. The predicted molar refractivity (Wildman–Crippen MR) is 105 cm³/mol. The van der Waals surface area contributed by atoms with Crippen LogP contribution in [0.3, 0.4) is 0 Å². The molecule has 2 atom stereocenters. The first-order valence-corrected chi connectivity index (χ1v) is 10.1. The first-order chi connectivity index (χ1) is 13.2. The van der Waals surface area contributed by atoms with Crippen LogP contribution >= 0.6 is 11.8 Å². The van der Waals surface area contributed by atoms with Crippen molar-refractivity contribution in [2.75, 3.05) is 6.61 Å². The third kappa shape index (κ3) is 3.59. The number of nitrogens with two attached hydrogens (primary N) is 1. The van der Waals surface area contributed by atoms with E-state index < -0.39 is 0 Å². The number of benzene rings is 1. The fourth-order valence-electron chi connectivity index (χ4n) is 3.46. The Balaban J connectivity index is 1.75. The molecule has 3 N–H and O–H groups in total. The Morgan fingerprint density at radius 2 is 2.30 bits per heavy atom. The van der Waals surface area contributed by atoms with Gasteiger partial charge in [0.25, 0.3) is 0 Å². The molecule has 2 aromatic heterocycles. The molecular weight excluding hydrogens is 362 g/mol. The highest BCUT2D eigenvalue weighted by molar-refractivity contribution is 8.00. The van der Waals surface area contributed by atoms with Gasteiger partial charge in [-0.15, -0.1) is 10.2 Å². The fourth-order valence-corrected chi connectivity index (χ4v) is 4.37. The summed E-state index contributed by atoms with van der Waals surface area (Å²) in [7, 11) is 0. The van der Waals surface area contributed by atoms with Gasteiger partial charge in [-0.3, -0.25) is 9.36 Å². The molecule has 0 saturated carbocycles. The summed E-state index contributed by atoms with van der Waals surface area (Å²) in [4.78, 5) is 15.0. The van der Waals surface area contributed by atoms with Crippen LogP contribution in [0.4, 0.5) is 0 Å². The van der Waals surface area contributed by atoms with Crippen molar-refractivity contribution >= 4 is 28.6 Å². The van der Waals surface area contributed by atoms with Crippen LogP contribution in [0, 0.1) is 0 Å². The number of thioether (sulfide) groups is 1. The molecule has 4 rings (SSSR count). The molecule has 0 spiro atoms. The molecule has 1 saturated heterocycles. The summed E-state index contributed by atoms with van der Waals surface area (Å²) in [6.07, 6.45) is 4.83. The molecule has 27 heavy (non-hydrogen) atoms. The van der Waals surface area contributed by atoms with E-state index in [0.717, 1.165) is 41.7 Å². The van der Waals surface area contributed by atoms with Crippen molar-refractivity contribution in [3.63, 3.8) is 0 Å². The zero-order valence-electron chi connectivity index (χ0n) is 15.2. The zero-order chi connectivity index (χ0) is 18.8. The zero-order valence-corrected chi connectivity index (χ0v) is 16.0. The van der Waals surface area contributed by atoms with Crippen LogP contribution < -0.4 is 5.73 Å². The van der Waals surface area contributed by atoms with Crippen LogP contribution in [-0.2, 0) is 16.1 Å². The van der Waals surface area contributed by atoms with Crippen molar-refractivity contribution < 1.29 is 9.53 Å². The van der Waals surface area contributed by atoms with Crippen molar-refractivity contribution in [2.45, 2.75) is 49.2 Å². The lowest BCUT2D eigenvalue weighted by Crippen LogP contribution is -2.26. The Bertz CT molecular complexity index is 945. The summed E-state index contributed by atoms with van der Waals surface area (Å²) in [6, 6.07) is 8.11. The molecular formula is C19H23N5O2S. The van der Waals surface area contributed by atoms with Crippen molar-refractivity contribution in [1.82, 2.24) is 19.7 Å². The number of carbonyl (C=O) groups is 1. The number of nitrogens with zero attached hydrogens (tertiary/aromatic N) is 3. The van der Waals surface area contributed by atoms with Crippen LogP contribution in [0.2, 0.25) is 0 Å². The molecule has 1 amide bonds. The van der Waals surface area contributed by atoms with Crippen molar-refractivity contribution in [3.8, 4) is 11.4 Å². The maximum absolute atomic E-state index is 11.7.